The van der Waals surface area contributed by atoms with E-state index in [0.717, 1.165) is 25.7 Å². The molecule has 2 aliphatic carbocycles. The Morgan fingerprint density at radius 2 is 1.75 bits per heavy atom. The van der Waals surface area contributed by atoms with Crippen molar-refractivity contribution < 1.29 is 14.0 Å². The van der Waals surface area contributed by atoms with E-state index in [1.807, 2.05) is 11.6 Å². The van der Waals surface area contributed by atoms with Crippen LogP contribution in [0.15, 0.2) is 28.0 Å². The molecule has 0 bridgehead atoms. The topological polar surface area (TPSA) is 93.3 Å². The van der Waals surface area contributed by atoms with Crippen molar-refractivity contribution >= 4 is 23.6 Å². The second-order valence-corrected chi connectivity index (χ2v) is 9.73. The molecule has 2 fully saturated rings. The van der Waals surface area contributed by atoms with Crippen LogP contribution in [0.4, 0.5) is 0 Å². The number of amides is 2. The van der Waals surface area contributed by atoms with Crippen LogP contribution in [0, 0.1) is 0 Å². The lowest BCUT2D eigenvalue weighted by molar-refractivity contribution is -0.135. The predicted octanol–water partition coefficient (Wildman–Crippen LogP) is 3.92. The lowest BCUT2D eigenvalue weighted by atomic mass is 9.88. The van der Waals surface area contributed by atoms with Crippen molar-refractivity contribution in [2.75, 3.05) is 5.75 Å². The highest BCUT2D eigenvalue weighted by Crippen LogP contribution is 2.31. The number of hydrogen-bond donors (Lipinski definition) is 1. The van der Waals surface area contributed by atoms with Crippen molar-refractivity contribution in [2.45, 2.75) is 88.0 Å². The molecule has 0 atom stereocenters. The Bertz CT molecular complexity index is 868. The lowest BCUT2D eigenvalue weighted by Crippen LogP contribution is -2.49. The number of rotatable bonds is 8. The lowest BCUT2D eigenvalue weighted by Gasteiger charge is -2.41. The van der Waals surface area contributed by atoms with Gasteiger partial charge in [-0.25, -0.2) is 0 Å². The fraction of sp³-hybridized carbons (Fsp3) is 0.652. The highest BCUT2D eigenvalue weighted by Gasteiger charge is 2.32. The van der Waals surface area contributed by atoms with Gasteiger partial charge in [0.15, 0.2) is 16.7 Å². The van der Waals surface area contributed by atoms with E-state index in [2.05, 4.69) is 20.4 Å². The quantitative estimate of drug-likeness (QED) is 0.602. The first kappa shape index (κ1) is 22.9. The first-order valence-electron chi connectivity index (χ1n) is 11.8. The Morgan fingerprint density at radius 1 is 1.09 bits per heavy atom. The number of furan rings is 1. The molecule has 0 aromatic carbocycles. The SMILES string of the molecule is Cn1c(CNC(=O)c2ccco2)nnc1SCC(=O)N(C1CCCCC1)C1CCCCC1. The minimum absolute atomic E-state index is 0.226. The van der Waals surface area contributed by atoms with Crippen molar-refractivity contribution in [3.05, 3.63) is 30.0 Å². The summed E-state index contributed by atoms with van der Waals surface area (Å²) in [5.41, 5.74) is 0. The van der Waals surface area contributed by atoms with Gasteiger partial charge in [0.05, 0.1) is 18.6 Å². The van der Waals surface area contributed by atoms with E-state index in [4.69, 9.17) is 4.42 Å². The summed E-state index contributed by atoms with van der Waals surface area (Å²) in [6, 6.07) is 4.08. The Balaban J connectivity index is 1.35. The molecule has 0 spiro atoms. The van der Waals surface area contributed by atoms with Crippen LogP contribution in [0.5, 0.6) is 0 Å². The number of thioether (sulfide) groups is 1. The van der Waals surface area contributed by atoms with Gasteiger partial charge in [-0.2, -0.15) is 0 Å². The normalized spacial score (nSPS) is 17.9. The zero-order chi connectivity index (χ0) is 22.3. The minimum Gasteiger partial charge on any atom is -0.459 e. The fourth-order valence-corrected chi connectivity index (χ4v) is 5.70. The summed E-state index contributed by atoms with van der Waals surface area (Å²) in [6.45, 7) is 0.244. The first-order chi connectivity index (χ1) is 15.6. The monoisotopic (exact) mass is 459 g/mol. The summed E-state index contributed by atoms with van der Waals surface area (Å²) in [7, 11) is 1.86. The third-order valence-electron chi connectivity index (χ3n) is 6.63. The van der Waals surface area contributed by atoms with E-state index < -0.39 is 0 Å². The molecule has 2 aromatic heterocycles. The van der Waals surface area contributed by atoms with Crippen LogP contribution >= 0.6 is 11.8 Å². The Labute approximate surface area is 193 Å². The van der Waals surface area contributed by atoms with Crippen molar-refractivity contribution in [1.82, 2.24) is 25.0 Å². The molecular weight excluding hydrogens is 426 g/mol. The molecule has 1 N–H and O–H groups in total. The van der Waals surface area contributed by atoms with E-state index in [1.165, 1.54) is 56.5 Å². The number of hydrogen-bond acceptors (Lipinski definition) is 6. The second-order valence-electron chi connectivity index (χ2n) is 8.79. The average molecular weight is 460 g/mol. The van der Waals surface area contributed by atoms with Crippen LogP contribution in [0.25, 0.3) is 0 Å². The van der Waals surface area contributed by atoms with Gasteiger partial charge in [0.1, 0.15) is 0 Å². The molecule has 8 nitrogen and oxygen atoms in total. The molecule has 0 radical (unpaired) electrons. The standard InChI is InChI=1S/C23H33N5O3S/c1-27-20(15-24-22(30)19-13-8-14-31-19)25-26-23(27)32-16-21(29)28(17-9-4-2-5-10-17)18-11-6-3-7-12-18/h8,13-14,17-18H,2-7,9-12,15-16H2,1H3,(H,24,30). The molecule has 2 aliphatic rings. The molecule has 2 amide bonds. The maximum Gasteiger partial charge on any atom is 0.287 e. The van der Waals surface area contributed by atoms with Gasteiger partial charge in [-0.1, -0.05) is 50.3 Å². The first-order valence-corrected chi connectivity index (χ1v) is 12.8. The molecule has 9 heteroatoms. The molecule has 0 saturated heterocycles. The van der Waals surface area contributed by atoms with Crippen LogP contribution in [0.1, 0.15) is 80.6 Å². The summed E-state index contributed by atoms with van der Waals surface area (Å²) in [5, 5.41) is 11.9. The zero-order valence-electron chi connectivity index (χ0n) is 18.8. The van der Waals surface area contributed by atoms with Gasteiger partial charge in [-0.15, -0.1) is 10.2 Å². The summed E-state index contributed by atoms with van der Waals surface area (Å²) < 4.78 is 6.94. The van der Waals surface area contributed by atoms with Crippen LogP contribution in [0.3, 0.4) is 0 Å². The number of nitrogens with one attached hydrogen (secondary N) is 1. The zero-order valence-corrected chi connectivity index (χ0v) is 19.6. The minimum atomic E-state index is -0.294. The van der Waals surface area contributed by atoms with E-state index >= 15 is 0 Å². The van der Waals surface area contributed by atoms with Gasteiger partial charge in [0, 0.05) is 19.1 Å². The number of aromatic nitrogens is 3. The van der Waals surface area contributed by atoms with Gasteiger partial charge in [0.2, 0.25) is 5.91 Å². The molecule has 0 unspecified atom stereocenters. The van der Waals surface area contributed by atoms with Crippen molar-refractivity contribution in [3.8, 4) is 0 Å². The Hall–Kier alpha value is -2.29. The van der Waals surface area contributed by atoms with Crippen LogP contribution in [0.2, 0.25) is 0 Å². The summed E-state index contributed by atoms with van der Waals surface area (Å²) in [4.78, 5) is 27.7. The highest BCUT2D eigenvalue weighted by molar-refractivity contribution is 7.99. The predicted molar refractivity (Wildman–Crippen MR) is 122 cm³/mol. The smallest absolute Gasteiger partial charge is 0.287 e. The summed E-state index contributed by atoms with van der Waals surface area (Å²) in [5.74, 6) is 1.20. The molecule has 2 aromatic rings. The van der Waals surface area contributed by atoms with Crippen molar-refractivity contribution in [2.24, 2.45) is 7.05 Å². The van der Waals surface area contributed by atoms with Gasteiger partial charge in [0.25, 0.3) is 5.91 Å². The van der Waals surface area contributed by atoms with E-state index in [9.17, 15) is 9.59 Å². The Morgan fingerprint density at radius 3 is 2.34 bits per heavy atom. The summed E-state index contributed by atoms with van der Waals surface area (Å²) >= 11 is 1.43. The van der Waals surface area contributed by atoms with Gasteiger partial charge < -0.3 is 19.2 Å². The van der Waals surface area contributed by atoms with Crippen molar-refractivity contribution in [3.63, 3.8) is 0 Å². The third-order valence-corrected chi connectivity index (χ3v) is 7.63. The molecular formula is C23H33N5O3S. The van der Waals surface area contributed by atoms with Crippen LogP contribution in [-0.4, -0.2) is 49.3 Å². The molecule has 174 valence electrons. The van der Waals surface area contributed by atoms with Gasteiger partial charge in [-0.3, -0.25) is 9.59 Å². The Kier molecular flexibility index (Phi) is 7.89. The van der Waals surface area contributed by atoms with Gasteiger partial charge in [-0.05, 0) is 37.8 Å². The molecule has 4 rings (SSSR count). The van der Waals surface area contributed by atoms with Crippen LogP contribution in [-0.2, 0) is 18.4 Å². The van der Waals surface area contributed by atoms with E-state index in [1.54, 1.807) is 12.1 Å². The fourth-order valence-electron chi connectivity index (χ4n) is 4.90. The number of nitrogens with zero attached hydrogens (tertiary/aromatic N) is 4. The van der Waals surface area contributed by atoms with E-state index in [-0.39, 0.29) is 24.1 Å². The van der Waals surface area contributed by atoms with Crippen molar-refractivity contribution in [1.29, 1.82) is 0 Å². The average Bonchev–Trinajstić information content (AvgIpc) is 3.48. The number of carbonyl (C=O) groups is 2. The third kappa shape index (κ3) is 5.54. The highest BCUT2D eigenvalue weighted by atomic mass is 32.2. The molecule has 2 saturated carbocycles. The molecule has 0 aliphatic heterocycles. The largest absolute Gasteiger partial charge is 0.459 e. The van der Waals surface area contributed by atoms with E-state index in [0.29, 0.717) is 28.8 Å². The van der Waals surface area contributed by atoms with Gasteiger partial charge >= 0.3 is 0 Å². The summed E-state index contributed by atoms with van der Waals surface area (Å²) in [6.07, 6.45) is 13.5. The number of carbonyl (C=O) groups excluding carboxylic acids is 2. The second kappa shape index (κ2) is 11.0. The molecule has 2 heterocycles. The maximum absolute atomic E-state index is 13.4. The molecule has 32 heavy (non-hydrogen) atoms. The van der Waals surface area contributed by atoms with Crippen LogP contribution < -0.4 is 5.32 Å². The maximum atomic E-state index is 13.4.